The van der Waals surface area contributed by atoms with Crippen LogP contribution in [0.15, 0.2) is 97.3 Å². The summed E-state index contributed by atoms with van der Waals surface area (Å²) in [5, 5.41) is 30.2. The van der Waals surface area contributed by atoms with E-state index in [2.05, 4.69) is 138 Å². The largest absolute Gasteiger partial charge is 0.315 e. The molecule has 1 fully saturated rings. The van der Waals surface area contributed by atoms with E-state index in [1.165, 1.54) is 21.5 Å². The zero-order valence-corrected chi connectivity index (χ0v) is 26.3. The molecule has 0 amide bonds. The van der Waals surface area contributed by atoms with Crippen LogP contribution in [0.25, 0.3) is 32.9 Å². The number of hydrogen-bond donors (Lipinski definition) is 2. The molecule has 2 aromatic heterocycles. The van der Waals surface area contributed by atoms with Crippen molar-refractivity contribution in [2.75, 3.05) is 52.4 Å². The maximum atomic E-state index is 4.54. The van der Waals surface area contributed by atoms with E-state index in [1.54, 1.807) is 0 Å². The Bertz CT molecular complexity index is 1700. The van der Waals surface area contributed by atoms with Crippen LogP contribution < -0.4 is 10.6 Å². The maximum Gasteiger partial charge on any atom is 0.0971 e. The highest BCUT2D eigenvalue weighted by molar-refractivity contribution is 5.90. The van der Waals surface area contributed by atoms with Gasteiger partial charge in [-0.15, -0.1) is 10.2 Å². The van der Waals surface area contributed by atoms with Gasteiger partial charge >= 0.3 is 0 Å². The molecule has 10 heteroatoms. The monoisotopic (exact) mass is 614 g/mol. The summed E-state index contributed by atoms with van der Waals surface area (Å²) in [6, 6.07) is 29.5. The number of nitrogens with zero attached hydrogens (tertiary/aromatic N) is 8. The Kier molecular flexibility index (Phi) is 9.67. The molecule has 1 aliphatic rings. The lowest BCUT2D eigenvalue weighted by molar-refractivity contribution is 0.238. The molecular formula is C36H42N10. The van der Waals surface area contributed by atoms with Crippen LogP contribution >= 0.6 is 0 Å². The van der Waals surface area contributed by atoms with E-state index < -0.39 is 0 Å². The van der Waals surface area contributed by atoms with E-state index >= 15 is 0 Å². The molecule has 1 saturated heterocycles. The highest BCUT2D eigenvalue weighted by Crippen LogP contribution is 2.23. The van der Waals surface area contributed by atoms with Crippen molar-refractivity contribution in [3.05, 3.63) is 109 Å². The molecule has 0 radical (unpaired) electrons. The molecule has 0 bridgehead atoms. The van der Waals surface area contributed by atoms with Crippen LogP contribution in [0, 0.1) is 0 Å². The fraction of sp³-hybridized carbons (Fsp3) is 0.333. The summed E-state index contributed by atoms with van der Waals surface area (Å²) in [7, 11) is 0. The summed E-state index contributed by atoms with van der Waals surface area (Å²) in [6.45, 7) is 9.42. The Labute approximate surface area is 270 Å². The van der Waals surface area contributed by atoms with Crippen LogP contribution in [-0.4, -0.2) is 92.1 Å². The first kappa shape index (κ1) is 30.2. The third-order valence-electron chi connectivity index (χ3n) is 8.75. The van der Waals surface area contributed by atoms with Crippen molar-refractivity contribution in [2.24, 2.45) is 0 Å². The Hall–Kier alpha value is -4.48. The third-order valence-corrected chi connectivity index (χ3v) is 8.75. The van der Waals surface area contributed by atoms with Crippen LogP contribution in [-0.2, 0) is 13.1 Å². The summed E-state index contributed by atoms with van der Waals surface area (Å²) in [5.74, 6) is 0. The van der Waals surface area contributed by atoms with Gasteiger partial charge in [-0.3, -0.25) is 9.80 Å². The molecule has 6 aromatic rings. The third kappa shape index (κ3) is 7.32. The molecule has 0 atom stereocenters. The fourth-order valence-electron chi connectivity index (χ4n) is 6.37. The van der Waals surface area contributed by atoms with E-state index in [0.717, 1.165) is 101 Å². The van der Waals surface area contributed by atoms with Crippen molar-refractivity contribution in [2.45, 2.75) is 25.9 Å². The molecule has 7 rings (SSSR count). The SMILES string of the molecule is c1ccc2c(-n3cc(CN4CCCNCCN(Cc5cn(-c6cccc7ccccc67)nn5)CCCNCC4)nn3)cccc2c1. The molecule has 3 heterocycles. The fourth-order valence-corrected chi connectivity index (χ4v) is 6.37. The molecular weight excluding hydrogens is 572 g/mol. The van der Waals surface area contributed by atoms with Gasteiger partial charge in [0.05, 0.1) is 35.2 Å². The van der Waals surface area contributed by atoms with Gasteiger partial charge in [-0.2, -0.15) is 0 Å². The quantitative estimate of drug-likeness (QED) is 0.285. The smallest absolute Gasteiger partial charge is 0.0971 e. The zero-order chi connectivity index (χ0) is 31.0. The van der Waals surface area contributed by atoms with Gasteiger partial charge in [-0.25, -0.2) is 9.36 Å². The van der Waals surface area contributed by atoms with Gasteiger partial charge in [-0.05, 0) is 61.9 Å². The lowest BCUT2D eigenvalue weighted by Gasteiger charge is -2.24. The molecule has 10 nitrogen and oxygen atoms in total. The zero-order valence-electron chi connectivity index (χ0n) is 26.3. The van der Waals surface area contributed by atoms with Crippen LogP contribution in [0.2, 0.25) is 0 Å². The predicted molar refractivity (Wildman–Crippen MR) is 183 cm³/mol. The van der Waals surface area contributed by atoms with E-state index in [9.17, 15) is 0 Å². The minimum Gasteiger partial charge on any atom is -0.315 e. The second-order valence-corrected chi connectivity index (χ2v) is 12.1. The molecule has 2 N–H and O–H groups in total. The van der Waals surface area contributed by atoms with Gasteiger partial charge < -0.3 is 10.6 Å². The summed E-state index contributed by atoms with van der Waals surface area (Å²) in [6.07, 6.45) is 6.32. The van der Waals surface area contributed by atoms with Gasteiger partial charge in [0.1, 0.15) is 0 Å². The summed E-state index contributed by atoms with van der Waals surface area (Å²) in [4.78, 5) is 4.98. The minimum absolute atomic E-state index is 0.791. The van der Waals surface area contributed by atoms with Crippen LogP contribution in [0.4, 0.5) is 0 Å². The first-order valence-corrected chi connectivity index (χ1v) is 16.4. The van der Waals surface area contributed by atoms with Crippen LogP contribution in [0.1, 0.15) is 24.2 Å². The van der Waals surface area contributed by atoms with Crippen molar-refractivity contribution in [3.63, 3.8) is 0 Å². The van der Waals surface area contributed by atoms with Crippen LogP contribution in [0.5, 0.6) is 0 Å². The average Bonchev–Trinajstić information content (AvgIpc) is 3.76. The normalized spacial score (nSPS) is 16.5. The first-order valence-electron chi connectivity index (χ1n) is 16.4. The number of benzene rings is 4. The second-order valence-electron chi connectivity index (χ2n) is 12.1. The molecule has 236 valence electrons. The Morgan fingerprint density at radius 3 is 1.46 bits per heavy atom. The van der Waals surface area contributed by atoms with Crippen molar-refractivity contribution < 1.29 is 0 Å². The molecule has 1 aliphatic heterocycles. The van der Waals surface area contributed by atoms with E-state index in [1.807, 2.05) is 9.36 Å². The number of rotatable bonds is 6. The maximum absolute atomic E-state index is 4.54. The van der Waals surface area contributed by atoms with Gasteiger partial charge in [0.15, 0.2) is 0 Å². The summed E-state index contributed by atoms with van der Waals surface area (Å²) >= 11 is 0. The highest BCUT2D eigenvalue weighted by atomic mass is 15.4. The molecule has 0 unspecified atom stereocenters. The van der Waals surface area contributed by atoms with Crippen LogP contribution in [0.3, 0.4) is 0 Å². The lowest BCUT2D eigenvalue weighted by atomic mass is 10.1. The molecule has 46 heavy (non-hydrogen) atoms. The molecule has 0 aliphatic carbocycles. The molecule has 0 spiro atoms. The van der Waals surface area contributed by atoms with Crippen molar-refractivity contribution in [3.8, 4) is 11.4 Å². The Morgan fingerprint density at radius 2 is 0.957 bits per heavy atom. The van der Waals surface area contributed by atoms with Crippen molar-refractivity contribution >= 4 is 21.5 Å². The van der Waals surface area contributed by atoms with Crippen molar-refractivity contribution in [1.82, 2.24) is 50.4 Å². The molecule has 4 aromatic carbocycles. The Morgan fingerprint density at radius 1 is 0.500 bits per heavy atom. The Balaban J connectivity index is 0.924. The van der Waals surface area contributed by atoms with Gasteiger partial charge in [-0.1, -0.05) is 83.2 Å². The highest BCUT2D eigenvalue weighted by Gasteiger charge is 2.14. The topological polar surface area (TPSA) is 92.0 Å². The van der Waals surface area contributed by atoms with Crippen molar-refractivity contribution in [1.29, 1.82) is 0 Å². The number of hydrogen-bond acceptors (Lipinski definition) is 8. The number of aromatic nitrogens is 6. The summed E-state index contributed by atoms with van der Waals surface area (Å²) < 4.78 is 3.83. The molecule has 0 saturated carbocycles. The standard InChI is InChI=1S/C36H42N10/c1-3-13-33-29(9-1)11-5-15-35(33)45-27-31(39-41-45)25-43-21-7-17-38-20-24-44(22-8-18-37-19-23-43)26-32-28-46(42-40-32)36-16-6-12-30-10-2-4-14-34(30)36/h1-6,9-16,27-28,37-38H,7-8,17-26H2. The minimum atomic E-state index is 0.791. The average molecular weight is 615 g/mol. The van der Waals surface area contributed by atoms with Gasteiger partial charge in [0, 0.05) is 50.0 Å². The van der Waals surface area contributed by atoms with E-state index in [-0.39, 0.29) is 0 Å². The second kappa shape index (κ2) is 14.7. The van der Waals surface area contributed by atoms with Gasteiger partial charge in [0.25, 0.3) is 0 Å². The number of fused-ring (bicyclic) bond motifs is 2. The number of nitrogens with one attached hydrogen (secondary N) is 2. The van der Waals surface area contributed by atoms with E-state index in [4.69, 9.17) is 0 Å². The lowest BCUT2D eigenvalue weighted by Crippen LogP contribution is -2.38. The first-order chi connectivity index (χ1) is 22.8. The predicted octanol–water partition coefficient (Wildman–Crippen LogP) is 4.43. The van der Waals surface area contributed by atoms with Gasteiger partial charge in [0.2, 0.25) is 0 Å². The summed E-state index contributed by atoms with van der Waals surface area (Å²) in [5.41, 5.74) is 4.12. The van der Waals surface area contributed by atoms with E-state index in [0.29, 0.717) is 0 Å².